The van der Waals surface area contributed by atoms with E-state index >= 15 is 0 Å². The maximum atomic E-state index is 14.3. The average molecular weight is 771 g/mol. The summed E-state index contributed by atoms with van der Waals surface area (Å²) >= 11 is 0. The third kappa shape index (κ3) is 10.4. The van der Waals surface area contributed by atoms with E-state index in [1.807, 2.05) is 127 Å². The van der Waals surface area contributed by atoms with Gasteiger partial charge in [0, 0.05) is 0 Å². The molecule has 6 rings (SSSR count). The van der Waals surface area contributed by atoms with Gasteiger partial charge < -0.3 is 28.1 Å². The topological polar surface area (TPSA) is 72.5 Å². The molecule has 8 heteroatoms. The van der Waals surface area contributed by atoms with Gasteiger partial charge in [0.05, 0.1) is 26.4 Å². The SMILES string of the molecule is C=CC[C@@H]1O[C@H](COCc2ccccc2)[C@@H](OCc2ccccc2)[C@H](OCc2ccccc2)[C@H]1OC(=O)CO[Si](c1ccccc1)(c1ccccc1)C(C)(C)C. The van der Waals surface area contributed by atoms with Gasteiger partial charge >= 0.3 is 5.97 Å². The van der Waals surface area contributed by atoms with E-state index in [-0.39, 0.29) is 24.9 Å². The molecule has 56 heavy (non-hydrogen) atoms. The summed E-state index contributed by atoms with van der Waals surface area (Å²) in [5.41, 5.74) is 3.04. The lowest BCUT2D eigenvalue weighted by Gasteiger charge is -2.46. The molecule has 0 radical (unpaired) electrons. The van der Waals surface area contributed by atoms with E-state index in [0.29, 0.717) is 19.6 Å². The van der Waals surface area contributed by atoms with Crippen LogP contribution in [0.4, 0.5) is 0 Å². The summed E-state index contributed by atoms with van der Waals surface area (Å²) in [6.45, 7) is 11.6. The largest absolute Gasteiger partial charge is 0.455 e. The first kappa shape index (κ1) is 41.0. The minimum Gasteiger partial charge on any atom is -0.455 e. The van der Waals surface area contributed by atoms with Crippen molar-refractivity contribution in [2.24, 2.45) is 0 Å². The number of rotatable bonds is 18. The van der Waals surface area contributed by atoms with Gasteiger partial charge in [-0.1, -0.05) is 179 Å². The molecule has 5 atom stereocenters. The van der Waals surface area contributed by atoms with Crippen LogP contribution in [0.15, 0.2) is 164 Å². The number of esters is 1. The van der Waals surface area contributed by atoms with Crippen molar-refractivity contribution < 1.29 is 32.9 Å². The molecule has 1 fully saturated rings. The second-order valence-corrected chi connectivity index (χ2v) is 19.5. The van der Waals surface area contributed by atoms with Crippen LogP contribution < -0.4 is 10.4 Å². The molecule has 1 saturated heterocycles. The number of carbonyl (C=O) groups is 1. The van der Waals surface area contributed by atoms with Crippen LogP contribution in [0.1, 0.15) is 43.9 Å². The molecule has 0 amide bonds. The van der Waals surface area contributed by atoms with Crippen LogP contribution in [0.5, 0.6) is 0 Å². The number of hydrogen-bond acceptors (Lipinski definition) is 7. The van der Waals surface area contributed by atoms with Crippen LogP contribution in [0.3, 0.4) is 0 Å². The summed E-state index contributed by atoms with van der Waals surface area (Å²) in [7, 11) is -3.02. The standard InChI is InChI=1S/C48H54O7Si/c1-5-21-42-46(55-44(49)36-53-56(48(2,3)4,40-28-17-9-18-29-40)41-30-19-10-20-31-41)47(52-34-39-26-15-8-16-27-39)45(51-33-38-24-13-7-14-25-38)43(54-42)35-50-32-37-22-11-6-12-23-37/h5-20,22-31,42-43,45-47H,1,21,32-36H2,2-4H3/t42-,43+,45+,46-,47-/m0/s1. The smallest absolute Gasteiger partial charge is 0.331 e. The van der Waals surface area contributed by atoms with Gasteiger partial charge in [0.1, 0.15) is 31.0 Å². The Hall–Kier alpha value is -4.67. The molecular formula is C48H54O7Si. The van der Waals surface area contributed by atoms with Crippen molar-refractivity contribution in [3.8, 4) is 0 Å². The van der Waals surface area contributed by atoms with Crippen LogP contribution in [0, 0.1) is 0 Å². The normalized spacial score (nSPS) is 19.9. The predicted octanol–water partition coefficient (Wildman–Crippen LogP) is 8.21. The average Bonchev–Trinajstić information content (AvgIpc) is 3.22. The molecular weight excluding hydrogens is 717 g/mol. The van der Waals surface area contributed by atoms with Gasteiger partial charge in [-0.05, 0) is 38.5 Å². The van der Waals surface area contributed by atoms with E-state index in [1.54, 1.807) is 6.08 Å². The fourth-order valence-corrected chi connectivity index (χ4v) is 12.0. The van der Waals surface area contributed by atoms with Gasteiger partial charge in [-0.25, -0.2) is 4.79 Å². The number of ether oxygens (including phenoxy) is 5. The van der Waals surface area contributed by atoms with Gasteiger partial charge in [-0.15, -0.1) is 6.58 Å². The number of hydrogen-bond donors (Lipinski definition) is 0. The summed E-state index contributed by atoms with van der Waals surface area (Å²) in [6.07, 6.45) is -1.10. The van der Waals surface area contributed by atoms with Crippen LogP contribution >= 0.6 is 0 Å². The van der Waals surface area contributed by atoms with Crippen molar-refractivity contribution >= 4 is 24.7 Å². The molecule has 5 aromatic carbocycles. The molecule has 0 aliphatic carbocycles. The van der Waals surface area contributed by atoms with E-state index in [4.69, 9.17) is 28.1 Å². The van der Waals surface area contributed by atoms with Gasteiger partial charge in [0.25, 0.3) is 8.32 Å². The van der Waals surface area contributed by atoms with Gasteiger partial charge in [-0.3, -0.25) is 0 Å². The summed E-state index contributed by atoms with van der Waals surface area (Å²) in [5, 5.41) is 1.84. The fraction of sp³-hybridized carbons (Fsp3) is 0.312. The van der Waals surface area contributed by atoms with Crippen molar-refractivity contribution in [2.45, 2.75) is 82.6 Å². The lowest BCUT2D eigenvalue weighted by molar-refractivity contribution is -0.266. The summed E-state index contributed by atoms with van der Waals surface area (Å²) in [6, 6.07) is 50.5. The third-order valence-electron chi connectivity index (χ3n) is 10.2. The highest BCUT2D eigenvalue weighted by Crippen LogP contribution is 2.37. The van der Waals surface area contributed by atoms with E-state index in [2.05, 4.69) is 51.6 Å². The highest BCUT2D eigenvalue weighted by molar-refractivity contribution is 6.99. The quantitative estimate of drug-likeness (QED) is 0.0506. The zero-order valence-corrected chi connectivity index (χ0v) is 33.7. The van der Waals surface area contributed by atoms with E-state index in [1.165, 1.54) is 0 Å². The first-order chi connectivity index (χ1) is 27.3. The Labute approximate surface area is 333 Å². The molecule has 7 nitrogen and oxygen atoms in total. The minimum atomic E-state index is -3.02. The molecule has 1 heterocycles. The highest BCUT2D eigenvalue weighted by atomic mass is 28.4. The molecule has 1 aliphatic rings. The Morgan fingerprint density at radius 2 is 1.07 bits per heavy atom. The van der Waals surface area contributed by atoms with E-state index in [9.17, 15) is 4.79 Å². The third-order valence-corrected chi connectivity index (χ3v) is 15.2. The lowest BCUT2D eigenvalue weighted by atomic mass is 9.92. The van der Waals surface area contributed by atoms with Crippen LogP contribution in [-0.4, -0.2) is 58.0 Å². The molecule has 0 bridgehead atoms. The molecule has 0 saturated carbocycles. The zero-order valence-electron chi connectivity index (χ0n) is 32.7. The van der Waals surface area contributed by atoms with Gasteiger partial charge in [0.15, 0.2) is 6.10 Å². The second-order valence-electron chi connectivity index (χ2n) is 15.2. The first-order valence-corrected chi connectivity index (χ1v) is 21.3. The Kier molecular flexibility index (Phi) is 14.6. The predicted molar refractivity (Wildman–Crippen MR) is 223 cm³/mol. The Morgan fingerprint density at radius 3 is 1.54 bits per heavy atom. The van der Waals surface area contributed by atoms with Crippen LogP contribution in [0.25, 0.3) is 0 Å². The molecule has 5 aromatic rings. The van der Waals surface area contributed by atoms with Crippen molar-refractivity contribution in [2.75, 3.05) is 13.2 Å². The highest BCUT2D eigenvalue weighted by Gasteiger charge is 2.52. The van der Waals surface area contributed by atoms with E-state index < -0.39 is 44.8 Å². The van der Waals surface area contributed by atoms with Crippen molar-refractivity contribution in [3.63, 3.8) is 0 Å². The van der Waals surface area contributed by atoms with Crippen LogP contribution in [0.2, 0.25) is 5.04 Å². The fourth-order valence-electron chi connectivity index (χ4n) is 7.53. The second kappa shape index (κ2) is 20.0. The summed E-state index contributed by atoms with van der Waals surface area (Å²) in [4.78, 5) is 14.3. The van der Waals surface area contributed by atoms with Crippen molar-refractivity contribution in [3.05, 3.63) is 181 Å². The summed E-state index contributed by atoms with van der Waals surface area (Å²) in [5.74, 6) is -0.505. The Balaban J connectivity index is 1.30. The lowest BCUT2D eigenvalue weighted by Crippen LogP contribution is -2.67. The molecule has 0 spiro atoms. The molecule has 0 N–H and O–H groups in total. The molecule has 0 aromatic heterocycles. The maximum absolute atomic E-state index is 14.3. The Bertz CT molecular complexity index is 1860. The Morgan fingerprint density at radius 1 is 0.625 bits per heavy atom. The molecule has 1 aliphatic heterocycles. The molecule has 292 valence electrons. The first-order valence-electron chi connectivity index (χ1n) is 19.4. The van der Waals surface area contributed by atoms with Gasteiger partial charge in [-0.2, -0.15) is 0 Å². The van der Waals surface area contributed by atoms with Crippen LogP contribution in [-0.2, 0) is 52.7 Å². The minimum absolute atomic E-state index is 0.241. The number of carbonyl (C=O) groups excluding carboxylic acids is 1. The van der Waals surface area contributed by atoms with E-state index in [0.717, 1.165) is 27.1 Å². The van der Waals surface area contributed by atoms with Gasteiger partial charge in [0.2, 0.25) is 0 Å². The zero-order chi connectivity index (χ0) is 39.2. The van der Waals surface area contributed by atoms with Crippen molar-refractivity contribution in [1.29, 1.82) is 0 Å². The monoisotopic (exact) mass is 770 g/mol. The molecule has 0 unspecified atom stereocenters. The number of benzene rings is 5. The maximum Gasteiger partial charge on any atom is 0.331 e. The summed E-state index contributed by atoms with van der Waals surface area (Å²) < 4.78 is 40.1. The van der Waals surface area contributed by atoms with Crippen molar-refractivity contribution in [1.82, 2.24) is 0 Å².